The van der Waals surface area contributed by atoms with Crippen molar-refractivity contribution in [3.63, 3.8) is 0 Å². The highest BCUT2D eigenvalue weighted by atomic mass is 35.5. The second-order valence-electron chi connectivity index (χ2n) is 5.03. The highest BCUT2D eigenvalue weighted by molar-refractivity contribution is 6.32. The molecule has 0 radical (unpaired) electrons. The van der Waals surface area contributed by atoms with Crippen LogP contribution in [0.5, 0.6) is 0 Å². The molecule has 4 nitrogen and oxygen atoms in total. The van der Waals surface area contributed by atoms with Gasteiger partial charge < -0.3 is 11.1 Å². The van der Waals surface area contributed by atoms with E-state index in [4.69, 9.17) is 17.3 Å². The average molecular weight is 241 g/mol. The second-order valence-corrected chi connectivity index (χ2v) is 5.41. The summed E-state index contributed by atoms with van der Waals surface area (Å²) in [6.07, 6.45) is 2.24. The molecule has 88 valence electrons. The summed E-state index contributed by atoms with van der Waals surface area (Å²) < 4.78 is 2.02. The van der Waals surface area contributed by atoms with Crippen LogP contribution in [0.15, 0.2) is 0 Å². The third-order valence-corrected chi connectivity index (χ3v) is 4.58. The van der Waals surface area contributed by atoms with E-state index >= 15 is 0 Å². The van der Waals surface area contributed by atoms with Gasteiger partial charge in [-0.25, -0.2) is 0 Å². The van der Waals surface area contributed by atoms with Crippen molar-refractivity contribution in [2.45, 2.75) is 32.4 Å². The van der Waals surface area contributed by atoms with Gasteiger partial charge in [-0.05, 0) is 32.9 Å². The summed E-state index contributed by atoms with van der Waals surface area (Å²) >= 11 is 6.27. The lowest BCUT2D eigenvalue weighted by Crippen LogP contribution is -2.42. The Morgan fingerprint density at radius 1 is 1.50 bits per heavy atom. The molecule has 3 heterocycles. The number of hydrogen-bond donors (Lipinski definition) is 2. The molecule has 0 unspecified atom stereocenters. The zero-order valence-electron chi connectivity index (χ0n) is 9.46. The van der Waals surface area contributed by atoms with Gasteiger partial charge in [-0.15, -0.1) is 0 Å². The first-order valence-corrected chi connectivity index (χ1v) is 6.21. The third-order valence-electron chi connectivity index (χ3n) is 4.11. The molecule has 3 rings (SSSR count). The van der Waals surface area contributed by atoms with Gasteiger partial charge in [0.25, 0.3) is 0 Å². The van der Waals surface area contributed by atoms with Crippen molar-refractivity contribution in [2.75, 3.05) is 13.1 Å². The van der Waals surface area contributed by atoms with Crippen LogP contribution in [-0.2, 0) is 6.54 Å². The van der Waals surface area contributed by atoms with Crippen molar-refractivity contribution in [3.8, 4) is 0 Å². The quantitative estimate of drug-likeness (QED) is 0.717. The third kappa shape index (κ3) is 1.27. The van der Waals surface area contributed by atoms with Crippen LogP contribution in [0.2, 0.25) is 5.02 Å². The standard InChI is InChI=1S/C11H17ClN4/c1-7-8(12)9-10(13)11(6-16(9)15-7)2-4-14-5-3-11/h10,14H,2-6,13H2,1H3/t10-/m1/s1. The van der Waals surface area contributed by atoms with Crippen LogP contribution < -0.4 is 11.1 Å². The summed E-state index contributed by atoms with van der Waals surface area (Å²) in [4.78, 5) is 0. The fraction of sp³-hybridized carbons (Fsp3) is 0.727. The lowest BCUT2D eigenvalue weighted by molar-refractivity contribution is 0.158. The highest BCUT2D eigenvalue weighted by Crippen LogP contribution is 2.48. The van der Waals surface area contributed by atoms with Crippen molar-refractivity contribution in [1.82, 2.24) is 15.1 Å². The summed E-state index contributed by atoms with van der Waals surface area (Å²) in [7, 11) is 0. The number of halogens is 1. The van der Waals surface area contributed by atoms with Crippen molar-refractivity contribution >= 4 is 11.6 Å². The van der Waals surface area contributed by atoms with E-state index in [2.05, 4.69) is 10.4 Å². The minimum atomic E-state index is 0.0447. The molecule has 0 saturated carbocycles. The van der Waals surface area contributed by atoms with E-state index in [9.17, 15) is 0 Å². The molecule has 1 fully saturated rings. The zero-order chi connectivity index (χ0) is 11.3. The molecule has 1 atom stereocenters. The van der Waals surface area contributed by atoms with Gasteiger partial charge in [0, 0.05) is 12.0 Å². The largest absolute Gasteiger partial charge is 0.322 e. The summed E-state index contributed by atoms with van der Waals surface area (Å²) in [6, 6.07) is 0.0447. The van der Waals surface area contributed by atoms with Gasteiger partial charge in [-0.1, -0.05) is 11.6 Å². The zero-order valence-corrected chi connectivity index (χ0v) is 10.2. The van der Waals surface area contributed by atoms with Crippen molar-refractivity contribution in [2.24, 2.45) is 11.1 Å². The van der Waals surface area contributed by atoms with Gasteiger partial charge in [0.2, 0.25) is 0 Å². The lowest BCUT2D eigenvalue weighted by Gasteiger charge is -2.36. The van der Waals surface area contributed by atoms with E-state index in [1.807, 2.05) is 11.6 Å². The summed E-state index contributed by atoms with van der Waals surface area (Å²) in [6.45, 7) is 4.97. The van der Waals surface area contributed by atoms with Crippen LogP contribution in [-0.4, -0.2) is 22.9 Å². The number of aryl methyl sites for hydroxylation is 1. The van der Waals surface area contributed by atoms with E-state index in [0.29, 0.717) is 0 Å². The Kier molecular flexibility index (Phi) is 2.28. The molecule has 1 aromatic rings. The maximum Gasteiger partial charge on any atom is 0.0863 e. The minimum Gasteiger partial charge on any atom is -0.322 e. The van der Waals surface area contributed by atoms with Gasteiger partial charge in [-0.2, -0.15) is 5.10 Å². The molecule has 2 aliphatic rings. The second kappa shape index (κ2) is 3.45. The number of nitrogens with zero attached hydrogens (tertiary/aromatic N) is 2. The number of nitrogens with two attached hydrogens (primary N) is 1. The van der Waals surface area contributed by atoms with E-state index in [0.717, 1.165) is 48.9 Å². The first-order chi connectivity index (χ1) is 7.64. The van der Waals surface area contributed by atoms with Crippen molar-refractivity contribution in [1.29, 1.82) is 0 Å². The van der Waals surface area contributed by atoms with Gasteiger partial charge in [0.05, 0.1) is 22.5 Å². The first kappa shape index (κ1) is 10.6. The maximum absolute atomic E-state index is 6.40. The minimum absolute atomic E-state index is 0.0447. The topological polar surface area (TPSA) is 55.9 Å². The number of fused-ring (bicyclic) bond motifs is 1. The Labute approximate surface area is 100 Å². The molecule has 0 aliphatic carbocycles. The molecule has 2 aliphatic heterocycles. The first-order valence-electron chi connectivity index (χ1n) is 5.83. The van der Waals surface area contributed by atoms with Crippen LogP contribution in [0.3, 0.4) is 0 Å². The molecular weight excluding hydrogens is 224 g/mol. The van der Waals surface area contributed by atoms with Gasteiger partial charge in [0.1, 0.15) is 0 Å². The van der Waals surface area contributed by atoms with Gasteiger partial charge in [-0.3, -0.25) is 4.68 Å². The molecule has 1 spiro atoms. The van der Waals surface area contributed by atoms with Crippen LogP contribution in [0.4, 0.5) is 0 Å². The van der Waals surface area contributed by atoms with Gasteiger partial charge in [0.15, 0.2) is 0 Å². The number of nitrogens with one attached hydrogen (secondary N) is 1. The van der Waals surface area contributed by atoms with E-state index in [-0.39, 0.29) is 11.5 Å². The SMILES string of the molecule is Cc1nn2c(c1Cl)[C@@H](N)C1(CCNCC1)C2. The van der Waals surface area contributed by atoms with E-state index < -0.39 is 0 Å². The molecule has 1 saturated heterocycles. The Balaban J connectivity index is 2.00. The summed E-state index contributed by atoms with van der Waals surface area (Å²) in [5.41, 5.74) is 8.52. The molecule has 3 N–H and O–H groups in total. The van der Waals surface area contributed by atoms with E-state index in [1.165, 1.54) is 0 Å². The van der Waals surface area contributed by atoms with Crippen LogP contribution in [0, 0.1) is 12.3 Å². The smallest absolute Gasteiger partial charge is 0.0863 e. The molecule has 5 heteroatoms. The average Bonchev–Trinajstić information content (AvgIpc) is 2.67. The van der Waals surface area contributed by atoms with Crippen molar-refractivity contribution in [3.05, 3.63) is 16.4 Å². The molecule has 0 aromatic carbocycles. The maximum atomic E-state index is 6.40. The van der Waals surface area contributed by atoms with Gasteiger partial charge >= 0.3 is 0 Å². The van der Waals surface area contributed by atoms with Crippen molar-refractivity contribution < 1.29 is 0 Å². The predicted molar refractivity (Wildman–Crippen MR) is 63.4 cm³/mol. The van der Waals surface area contributed by atoms with E-state index in [1.54, 1.807) is 0 Å². The number of hydrogen-bond acceptors (Lipinski definition) is 3. The fourth-order valence-electron chi connectivity index (χ4n) is 3.08. The Morgan fingerprint density at radius 2 is 2.19 bits per heavy atom. The number of piperidine rings is 1. The lowest BCUT2D eigenvalue weighted by atomic mass is 9.74. The Morgan fingerprint density at radius 3 is 2.81 bits per heavy atom. The molecule has 0 bridgehead atoms. The Hall–Kier alpha value is -0.580. The number of aromatic nitrogens is 2. The normalized spacial score (nSPS) is 27.3. The molecule has 0 amide bonds. The van der Waals surface area contributed by atoms with Crippen LogP contribution in [0.1, 0.15) is 30.3 Å². The molecule has 1 aromatic heterocycles. The fourth-order valence-corrected chi connectivity index (χ4v) is 3.33. The van der Waals surface area contributed by atoms with Crippen LogP contribution >= 0.6 is 11.6 Å². The highest BCUT2D eigenvalue weighted by Gasteiger charge is 2.47. The molecular formula is C11H17ClN4. The monoisotopic (exact) mass is 240 g/mol. The predicted octanol–water partition coefficient (Wildman–Crippen LogP) is 1.23. The number of rotatable bonds is 0. The summed E-state index contributed by atoms with van der Waals surface area (Å²) in [5, 5.41) is 8.62. The van der Waals surface area contributed by atoms with Crippen LogP contribution in [0.25, 0.3) is 0 Å². The Bertz CT molecular complexity index is 420. The summed E-state index contributed by atoms with van der Waals surface area (Å²) in [5.74, 6) is 0. The molecule has 16 heavy (non-hydrogen) atoms.